The Morgan fingerprint density at radius 1 is 0.850 bits per heavy atom. The maximum Gasteiger partial charge on any atom is 0.303 e. The van der Waals surface area contributed by atoms with E-state index in [1.807, 2.05) is 0 Å². The molecule has 0 heterocycles. The van der Waals surface area contributed by atoms with Gasteiger partial charge in [0, 0.05) is 6.42 Å². The molecule has 0 aliphatic carbocycles. The van der Waals surface area contributed by atoms with Crippen LogP contribution in [0.3, 0.4) is 0 Å². The lowest BCUT2D eigenvalue weighted by atomic mass is 10.2. The van der Waals surface area contributed by atoms with Gasteiger partial charge < -0.3 is 9.84 Å². The summed E-state index contributed by atoms with van der Waals surface area (Å²) in [5.41, 5.74) is 0. The van der Waals surface area contributed by atoms with Crippen molar-refractivity contribution in [1.82, 2.24) is 0 Å². The van der Waals surface area contributed by atoms with E-state index in [4.69, 9.17) is 5.11 Å². The normalized spacial score (nSPS) is 10.7. The van der Waals surface area contributed by atoms with Crippen LogP contribution in [0, 0.1) is 29.1 Å². The molecule has 0 amide bonds. The molecular weight excluding hydrogens is 287 g/mol. The van der Waals surface area contributed by atoms with E-state index in [1.165, 1.54) is 0 Å². The number of hydrogen-bond donors (Lipinski definition) is 1. The highest BCUT2D eigenvalue weighted by Gasteiger charge is 2.26. The first-order valence-electron chi connectivity index (χ1n) is 5.72. The molecule has 3 nitrogen and oxygen atoms in total. The van der Waals surface area contributed by atoms with Crippen molar-refractivity contribution < 1.29 is 36.6 Å². The molecule has 0 radical (unpaired) electrons. The Bertz CT molecular complexity index is 475. The fourth-order valence-corrected chi connectivity index (χ4v) is 1.44. The first-order valence-corrected chi connectivity index (χ1v) is 5.72. The van der Waals surface area contributed by atoms with Crippen molar-refractivity contribution in [1.29, 1.82) is 0 Å². The molecule has 20 heavy (non-hydrogen) atoms. The predicted octanol–water partition coefficient (Wildman–Crippen LogP) is 3.41. The molecule has 0 atom stereocenters. The largest absolute Gasteiger partial charge is 0.487 e. The molecule has 1 aromatic carbocycles. The first kappa shape index (κ1) is 16.2. The van der Waals surface area contributed by atoms with Gasteiger partial charge in [-0.25, -0.2) is 13.2 Å². The Morgan fingerprint density at radius 3 is 1.85 bits per heavy atom. The number of rotatable bonds is 7. The van der Waals surface area contributed by atoms with Gasteiger partial charge in [0.15, 0.2) is 5.75 Å². The number of benzene rings is 1. The van der Waals surface area contributed by atoms with Gasteiger partial charge >= 0.3 is 5.97 Å². The minimum absolute atomic E-state index is 0.0669. The van der Waals surface area contributed by atoms with Gasteiger partial charge in [-0.1, -0.05) is 0 Å². The van der Waals surface area contributed by atoms with Gasteiger partial charge in [-0.05, 0) is 19.3 Å². The Morgan fingerprint density at radius 2 is 1.35 bits per heavy atom. The zero-order valence-electron chi connectivity index (χ0n) is 10.2. The summed E-state index contributed by atoms with van der Waals surface area (Å²) in [7, 11) is 0. The van der Waals surface area contributed by atoms with E-state index in [9.17, 15) is 26.7 Å². The second-order valence-electron chi connectivity index (χ2n) is 3.95. The Balaban J connectivity index is 2.59. The quantitative estimate of drug-likeness (QED) is 0.363. The van der Waals surface area contributed by atoms with Crippen LogP contribution < -0.4 is 4.74 Å². The van der Waals surface area contributed by atoms with Crippen LogP contribution >= 0.6 is 0 Å². The molecule has 0 aliphatic heterocycles. The summed E-state index contributed by atoms with van der Waals surface area (Å²) in [5.74, 6) is -12.7. The van der Waals surface area contributed by atoms with Gasteiger partial charge in [0.1, 0.15) is 0 Å². The molecule has 8 heteroatoms. The topological polar surface area (TPSA) is 46.5 Å². The van der Waals surface area contributed by atoms with Crippen LogP contribution in [0.2, 0.25) is 0 Å². The van der Waals surface area contributed by atoms with Crippen molar-refractivity contribution >= 4 is 5.97 Å². The summed E-state index contributed by atoms with van der Waals surface area (Å²) in [4.78, 5) is 10.2. The van der Waals surface area contributed by atoms with Gasteiger partial charge in [0.05, 0.1) is 6.61 Å². The average molecular weight is 298 g/mol. The number of carboxylic acid groups (broad SMARTS) is 1. The van der Waals surface area contributed by atoms with Gasteiger partial charge in [-0.2, -0.15) is 8.78 Å². The third-order valence-electron chi connectivity index (χ3n) is 2.45. The minimum Gasteiger partial charge on any atom is -0.487 e. The lowest BCUT2D eigenvalue weighted by Gasteiger charge is -2.09. The Labute approximate surface area is 111 Å². The third kappa shape index (κ3) is 3.82. The number of hydrogen-bond acceptors (Lipinski definition) is 2. The molecule has 1 aromatic rings. The van der Waals surface area contributed by atoms with Crippen LogP contribution in [-0.4, -0.2) is 17.7 Å². The maximum absolute atomic E-state index is 13.2. The van der Waals surface area contributed by atoms with Gasteiger partial charge in [-0.15, -0.1) is 0 Å². The number of ether oxygens (including phenoxy) is 1. The predicted molar refractivity (Wildman–Crippen MR) is 57.8 cm³/mol. The number of unbranched alkanes of at least 4 members (excludes halogenated alkanes) is 2. The molecule has 0 aliphatic rings. The van der Waals surface area contributed by atoms with Crippen LogP contribution in [0.25, 0.3) is 0 Å². The van der Waals surface area contributed by atoms with Crippen molar-refractivity contribution in [3.63, 3.8) is 0 Å². The van der Waals surface area contributed by atoms with Gasteiger partial charge in [-0.3, -0.25) is 4.79 Å². The van der Waals surface area contributed by atoms with E-state index in [1.54, 1.807) is 0 Å². The fraction of sp³-hybridized carbons (Fsp3) is 0.417. The van der Waals surface area contributed by atoms with E-state index in [0.717, 1.165) is 0 Å². The molecule has 0 bridgehead atoms. The second kappa shape index (κ2) is 7.06. The van der Waals surface area contributed by atoms with Gasteiger partial charge in [0.2, 0.25) is 29.1 Å². The molecule has 0 saturated heterocycles. The van der Waals surface area contributed by atoms with Crippen LogP contribution in [0.4, 0.5) is 22.0 Å². The van der Waals surface area contributed by atoms with Crippen molar-refractivity contribution in [3.05, 3.63) is 29.1 Å². The van der Waals surface area contributed by atoms with Crippen LogP contribution in [-0.2, 0) is 4.79 Å². The van der Waals surface area contributed by atoms with E-state index in [0.29, 0.717) is 12.8 Å². The lowest BCUT2D eigenvalue weighted by molar-refractivity contribution is -0.137. The molecule has 1 rings (SSSR count). The molecule has 0 unspecified atom stereocenters. The SMILES string of the molecule is O=C(O)CCCCCOc1c(F)c(F)c(F)c(F)c1F. The summed E-state index contributed by atoms with van der Waals surface area (Å²) in [6, 6.07) is 0. The molecular formula is C12H11F5O3. The van der Waals surface area contributed by atoms with E-state index in [-0.39, 0.29) is 19.4 Å². The highest BCUT2D eigenvalue weighted by Crippen LogP contribution is 2.29. The smallest absolute Gasteiger partial charge is 0.303 e. The minimum atomic E-state index is -2.24. The summed E-state index contributed by atoms with van der Waals surface area (Å²) in [6.45, 7) is -0.280. The number of halogens is 5. The van der Waals surface area contributed by atoms with Crippen LogP contribution in [0.15, 0.2) is 0 Å². The van der Waals surface area contributed by atoms with Crippen LogP contribution in [0.1, 0.15) is 25.7 Å². The summed E-state index contributed by atoms with van der Waals surface area (Å²) in [6.07, 6.45) is 0.882. The average Bonchev–Trinajstić information content (AvgIpc) is 2.41. The van der Waals surface area contributed by atoms with Crippen molar-refractivity contribution in [2.75, 3.05) is 6.61 Å². The molecule has 112 valence electrons. The molecule has 0 fully saturated rings. The Hall–Kier alpha value is -1.86. The van der Waals surface area contributed by atoms with Crippen LogP contribution in [0.5, 0.6) is 5.75 Å². The number of aliphatic carboxylic acids is 1. The molecule has 0 spiro atoms. The summed E-state index contributed by atoms with van der Waals surface area (Å²) >= 11 is 0. The van der Waals surface area contributed by atoms with Crippen molar-refractivity contribution in [3.8, 4) is 5.75 Å². The second-order valence-corrected chi connectivity index (χ2v) is 3.95. The van der Waals surface area contributed by atoms with E-state index >= 15 is 0 Å². The first-order chi connectivity index (χ1) is 9.36. The summed E-state index contributed by atoms with van der Waals surface area (Å²) < 4.78 is 69.2. The standard InChI is InChI=1S/C12H11F5O3/c13-7-8(14)10(16)12(11(17)9(7)15)20-5-3-1-2-4-6(18)19/h1-5H2,(H,18,19). The Kier molecular flexibility index (Phi) is 5.72. The number of carboxylic acids is 1. The molecule has 0 saturated carbocycles. The molecule has 1 N–H and O–H groups in total. The van der Waals surface area contributed by atoms with Gasteiger partial charge in [0.25, 0.3) is 0 Å². The third-order valence-corrected chi connectivity index (χ3v) is 2.45. The summed E-state index contributed by atoms with van der Waals surface area (Å²) in [5, 5.41) is 8.36. The zero-order valence-corrected chi connectivity index (χ0v) is 10.2. The van der Waals surface area contributed by atoms with E-state index < -0.39 is 40.8 Å². The van der Waals surface area contributed by atoms with E-state index in [2.05, 4.69) is 4.74 Å². The van der Waals surface area contributed by atoms with Crippen molar-refractivity contribution in [2.24, 2.45) is 0 Å². The number of carbonyl (C=O) groups is 1. The fourth-order valence-electron chi connectivity index (χ4n) is 1.44. The zero-order chi connectivity index (χ0) is 15.3. The molecule has 0 aromatic heterocycles. The highest BCUT2D eigenvalue weighted by molar-refractivity contribution is 5.66. The highest BCUT2D eigenvalue weighted by atomic mass is 19.2. The van der Waals surface area contributed by atoms with Crippen molar-refractivity contribution in [2.45, 2.75) is 25.7 Å². The lowest BCUT2D eigenvalue weighted by Crippen LogP contribution is -2.08. The maximum atomic E-state index is 13.2. The monoisotopic (exact) mass is 298 g/mol.